The van der Waals surface area contributed by atoms with Gasteiger partial charge in [0, 0.05) is 5.56 Å². The number of nitrogens with zero attached hydrogens (tertiary/aromatic N) is 2. The summed E-state index contributed by atoms with van der Waals surface area (Å²) in [5.41, 5.74) is -1.55. The molecule has 1 rings (SSSR count). The van der Waals surface area contributed by atoms with Crippen molar-refractivity contribution in [2.45, 2.75) is 24.8 Å². The van der Waals surface area contributed by atoms with Crippen molar-refractivity contribution in [3.05, 3.63) is 34.9 Å². The molecule has 1 aromatic carbocycles. The Morgan fingerprint density at radius 1 is 1.21 bits per heavy atom. The summed E-state index contributed by atoms with van der Waals surface area (Å²) in [4.78, 5) is 0. The van der Waals surface area contributed by atoms with Crippen molar-refractivity contribution in [2.24, 2.45) is 0 Å². The molecule has 0 aromatic heterocycles. The maximum atomic E-state index is 12.5. The van der Waals surface area contributed by atoms with Crippen LogP contribution >= 0.6 is 0 Å². The number of hydrogen-bond acceptors (Lipinski definition) is 4. The molecule has 0 aliphatic heterocycles. The molecule has 2 N–H and O–H groups in total. The van der Waals surface area contributed by atoms with Crippen LogP contribution in [0.4, 0.5) is 13.2 Å². The van der Waals surface area contributed by atoms with Gasteiger partial charge in [0.15, 0.2) is 0 Å². The normalized spacial score (nSPS) is 14.3. The summed E-state index contributed by atoms with van der Waals surface area (Å²) in [5.74, 6) is 0. The smallest absolute Gasteiger partial charge is 0.389 e. The van der Waals surface area contributed by atoms with Gasteiger partial charge < -0.3 is 10.2 Å². The minimum atomic E-state index is -4.60. The Hall–Kier alpha value is -2.09. The number of aliphatic hydroxyl groups is 2. The first-order chi connectivity index (χ1) is 8.81. The molecule has 0 amide bonds. The van der Waals surface area contributed by atoms with Crippen molar-refractivity contribution < 1.29 is 23.4 Å². The van der Waals surface area contributed by atoms with Gasteiger partial charge in [0.25, 0.3) is 0 Å². The van der Waals surface area contributed by atoms with Crippen LogP contribution in [0.5, 0.6) is 0 Å². The van der Waals surface area contributed by atoms with E-state index in [1.807, 2.05) is 0 Å². The average Bonchev–Trinajstić information content (AvgIpc) is 2.36. The Bertz CT molecular complexity index is 543. The topological polar surface area (TPSA) is 88.0 Å². The fraction of sp³-hybridized carbons (Fsp3) is 0.333. The second kappa shape index (κ2) is 5.70. The fourth-order valence-electron chi connectivity index (χ4n) is 1.50. The van der Waals surface area contributed by atoms with Crippen LogP contribution in [0.25, 0.3) is 0 Å². The predicted molar refractivity (Wildman–Crippen MR) is 57.4 cm³/mol. The highest BCUT2D eigenvalue weighted by atomic mass is 19.4. The third kappa shape index (κ3) is 3.44. The highest BCUT2D eigenvalue weighted by Crippen LogP contribution is 2.32. The fourth-order valence-corrected chi connectivity index (χ4v) is 1.50. The Morgan fingerprint density at radius 3 is 2.32 bits per heavy atom. The third-order valence-electron chi connectivity index (χ3n) is 2.48. The molecule has 0 fully saturated rings. The van der Waals surface area contributed by atoms with Crippen molar-refractivity contribution >= 4 is 0 Å². The second-order valence-corrected chi connectivity index (χ2v) is 3.79. The van der Waals surface area contributed by atoms with Gasteiger partial charge >= 0.3 is 6.18 Å². The molecule has 0 bridgehead atoms. The molecule has 0 aliphatic carbocycles. The molecule has 2 atom stereocenters. The van der Waals surface area contributed by atoms with Gasteiger partial charge in [0.2, 0.25) is 0 Å². The van der Waals surface area contributed by atoms with Crippen molar-refractivity contribution in [3.8, 4) is 12.1 Å². The highest BCUT2D eigenvalue weighted by molar-refractivity contribution is 5.43. The number of nitriles is 2. The molecule has 19 heavy (non-hydrogen) atoms. The lowest BCUT2D eigenvalue weighted by Crippen LogP contribution is -2.19. The van der Waals surface area contributed by atoms with E-state index in [4.69, 9.17) is 10.5 Å². The van der Waals surface area contributed by atoms with Crippen molar-refractivity contribution in [1.29, 1.82) is 10.5 Å². The van der Waals surface area contributed by atoms with Crippen LogP contribution in [0.15, 0.2) is 18.2 Å². The summed E-state index contributed by atoms with van der Waals surface area (Å²) in [7, 11) is 0. The zero-order valence-corrected chi connectivity index (χ0v) is 9.52. The largest absolute Gasteiger partial charge is 0.416 e. The Kier molecular flexibility index (Phi) is 4.49. The lowest BCUT2D eigenvalue weighted by molar-refractivity contribution is -0.137. The first-order valence-electron chi connectivity index (χ1n) is 5.15. The summed E-state index contributed by atoms with van der Waals surface area (Å²) >= 11 is 0. The van der Waals surface area contributed by atoms with Gasteiger partial charge in [-0.3, -0.25) is 0 Å². The standard InChI is InChI=1S/C12H9F3N2O2/c13-12(14,15)8-1-2-9(7(5-8)6-17)11(19)10(18)3-4-16/h1-2,5,10-11,18-19H,3H2. The van der Waals surface area contributed by atoms with E-state index in [1.54, 1.807) is 6.07 Å². The SMILES string of the molecule is N#CCC(O)C(O)c1ccc(C(F)(F)F)cc1C#N. The molecular formula is C12H9F3N2O2. The van der Waals surface area contributed by atoms with Crippen molar-refractivity contribution in [2.75, 3.05) is 0 Å². The molecule has 0 saturated heterocycles. The Balaban J connectivity index is 3.18. The van der Waals surface area contributed by atoms with Gasteiger partial charge in [-0.05, 0) is 12.1 Å². The molecule has 0 saturated carbocycles. The van der Waals surface area contributed by atoms with Gasteiger partial charge in [-0.25, -0.2) is 0 Å². The monoisotopic (exact) mass is 270 g/mol. The molecule has 2 unspecified atom stereocenters. The van der Waals surface area contributed by atoms with Gasteiger partial charge in [-0.1, -0.05) is 6.07 Å². The van der Waals surface area contributed by atoms with Crippen LogP contribution in [0, 0.1) is 22.7 Å². The van der Waals surface area contributed by atoms with Crippen LogP contribution in [-0.4, -0.2) is 16.3 Å². The van der Waals surface area contributed by atoms with E-state index in [2.05, 4.69) is 0 Å². The lowest BCUT2D eigenvalue weighted by Gasteiger charge is -2.17. The minimum absolute atomic E-state index is 0.141. The quantitative estimate of drug-likeness (QED) is 0.877. The number of aliphatic hydroxyl groups excluding tert-OH is 2. The van der Waals surface area contributed by atoms with E-state index in [0.29, 0.717) is 12.1 Å². The van der Waals surface area contributed by atoms with E-state index in [-0.39, 0.29) is 11.1 Å². The lowest BCUT2D eigenvalue weighted by atomic mass is 9.96. The molecule has 7 heteroatoms. The number of halogens is 3. The van der Waals surface area contributed by atoms with E-state index < -0.39 is 30.4 Å². The predicted octanol–water partition coefficient (Wildman–Crippen LogP) is 1.89. The van der Waals surface area contributed by atoms with Gasteiger partial charge in [0.05, 0.1) is 35.8 Å². The summed E-state index contributed by atoms with van der Waals surface area (Å²) in [6.07, 6.45) is -8.04. The van der Waals surface area contributed by atoms with Crippen molar-refractivity contribution in [3.63, 3.8) is 0 Å². The highest BCUT2D eigenvalue weighted by Gasteiger charge is 2.32. The van der Waals surface area contributed by atoms with E-state index in [9.17, 15) is 23.4 Å². The van der Waals surface area contributed by atoms with E-state index >= 15 is 0 Å². The van der Waals surface area contributed by atoms with E-state index in [1.165, 1.54) is 6.07 Å². The molecule has 0 radical (unpaired) electrons. The van der Waals surface area contributed by atoms with Crippen LogP contribution in [0.1, 0.15) is 29.2 Å². The molecular weight excluding hydrogens is 261 g/mol. The minimum Gasteiger partial charge on any atom is -0.389 e. The van der Waals surface area contributed by atoms with Crippen LogP contribution in [0.3, 0.4) is 0 Å². The second-order valence-electron chi connectivity index (χ2n) is 3.79. The number of hydrogen-bond donors (Lipinski definition) is 2. The first-order valence-corrected chi connectivity index (χ1v) is 5.15. The maximum absolute atomic E-state index is 12.5. The first kappa shape index (κ1) is 15.0. The number of alkyl halides is 3. The van der Waals surface area contributed by atoms with Crippen molar-refractivity contribution in [1.82, 2.24) is 0 Å². The molecule has 1 aromatic rings. The van der Waals surface area contributed by atoms with Gasteiger partial charge in [-0.2, -0.15) is 23.7 Å². The summed E-state index contributed by atoms with van der Waals surface area (Å²) in [6.45, 7) is 0. The van der Waals surface area contributed by atoms with Gasteiger partial charge in [0.1, 0.15) is 6.10 Å². The van der Waals surface area contributed by atoms with Crippen LogP contribution in [0.2, 0.25) is 0 Å². The van der Waals surface area contributed by atoms with Gasteiger partial charge in [-0.15, -0.1) is 0 Å². The average molecular weight is 270 g/mol. The molecule has 0 spiro atoms. The number of benzene rings is 1. The molecule has 100 valence electrons. The Labute approximate surface area is 106 Å². The number of rotatable bonds is 3. The Morgan fingerprint density at radius 2 is 1.84 bits per heavy atom. The van der Waals surface area contributed by atoms with Crippen LogP contribution < -0.4 is 0 Å². The zero-order chi connectivity index (χ0) is 14.6. The summed E-state index contributed by atoms with van der Waals surface area (Å²) < 4.78 is 37.4. The molecule has 0 aliphatic rings. The van der Waals surface area contributed by atoms with E-state index in [0.717, 1.165) is 6.07 Å². The summed E-state index contributed by atoms with van der Waals surface area (Å²) in [6, 6.07) is 5.38. The zero-order valence-electron chi connectivity index (χ0n) is 9.52. The molecule has 4 nitrogen and oxygen atoms in total. The molecule has 0 heterocycles. The summed E-state index contributed by atoms with van der Waals surface area (Å²) in [5, 5.41) is 36.3. The maximum Gasteiger partial charge on any atom is 0.416 e. The van der Waals surface area contributed by atoms with Crippen LogP contribution in [-0.2, 0) is 6.18 Å². The third-order valence-corrected chi connectivity index (χ3v) is 2.48.